The molecule has 0 aliphatic rings. The fraction of sp³-hybridized carbons (Fsp3) is 0.857. The van der Waals surface area contributed by atoms with Gasteiger partial charge in [-0.05, 0) is 6.92 Å². The number of methoxy groups -OCH3 is 1. The van der Waals surface area contributed by atoms with E-state index >= 15 is 0 Å². The van der Waals surface area contributed by atoms with E-state index < -0.39 is 0 Å². The summed E-state index contributed by atoms with van der Waals surface area (Å²) in [7, 11) is 1.39. The molecule has 1 N–H and O–H groups in total. The van der Waals surface area contributed by atoms with Crippen LogP contribution in [-0.2, 0) is 9.53 Å². The summed E-state index contributed by atoms with van der Waals surface area (Å²) in [5, 5.41) is 7.57. The Kier molecular flexibility index (Phi) is 10.2. The molecule has 0 heterocycles. The molecule has 0 radical (unpaired) electrons. The highest BCUT2D eigenvalue weighted by molar-refractivity contribution is 5.71. The Morgan fingerprint density at radius 2 is 1.90 bits per heavy atom. The van der Waals surface area contributed by atoms with Crippen LogP contribution in [0.2, 0.25) is 0 Å². The zero-order valence-electron chi connectivity index (χ0n) is 7.05. The van der Waals surface area contributed by atoms with Gasteiger partial charge in [-0.3, -0.25) is 4.79 Å². The number of rotatable bonds is 1. The molecule has 0 saturated carbocycles. The van der Waals surface area contributed by atoms with Crippen LogP contribution in [0.5, 0.6) is 0 Å². The van der Waals surface area contributed by atoms with Crippen molar-refractivity contribution in [2.75, 3.05) is 13.7 Å². The molecule has 0 aromatic carbocycles. The van der Waals surface area contributed by atoms with Crippen LogP contribution in [-0.4, -0.2) is 24.8 Å². The summed E-state index contributed by atoms with van der Waals surface area (Å²) in [5.74, 6) is -0.148. The monoisotopic (exact) mass is 148 g/mol. The summed E-state index contributed by atoms with van der Waals surface area (Å²) in [5.41, 5.74) is 0. The number of esters is 1. The zero-order valence-corrected chi connectivity index (χ0v) is 7.05. The highest BCUT2D eigenvalue weighted by Crippen LogP contribution is 1.91. The minimum atomic E-state index is -0.153. The van der Waals surface area contributed by atoms with Gasteiger partial charge in [-0.15, -0.1) is 0 Å². The van der Waals surface area contributed by atoms with Gasteiger partial charge < -0.3 is 9.84 Å². The molecule has 0 rings (SSSR count). The van der Waals surface area contributed by atoms with Crippen molar-refractivity contribution in [3.63, 3.8) is 0 Å². The first kappa shape index (κ1) is 12.1. The van der Waals surface area contributed by atoms with E-state index in [9.17, 15) is 4.79 Å². The largest absolute Gasteiger partial charge is 0.469 e. The van der Waals surface area contributed by atoms with E-state index in [1.165, 1.54) is 7.11 Å². The normalized spacial score (nSPS) is 8.20. The summed E-state index contributed by atoms with van der Waals surface area (Å²) in [4.78, 5) is 10.3. The Labute approximate surface area is 62.0 Å². The van der Waals surface area contributed by atoms with Crippen molar-refractivity contribution in [3.05, 3.63) is 0 Å². The fourth-order valence-corrected chi connectivity index (χ4v) is 0.236. The third-order valence-corrected chi connectivity index (χ3v) is 0.673. The van der Waals surface area contributed by atoms with E-state index in [0.717, 1.165) is 0 Å². The third-order valence-electron chi connectivity index (χ3n) is 0.673. The van der Waals surface area contributed by atoms with Gasteiger partial charge >= 0.3 is 5.97 Å². The maximum absolute atomic E-state index is 10.3. The molecule has 10 heavy (non-hydrogen) atoms. The van der Waals surface area contributed by atoms with Crippen LogP contribution >= 0.6 is 0 Å². The lowest BCUT2D eigenvalue weighted by Gasteiger charge is -1.97. The first-order chi connectivity index (χ1) is 4.59. The van der Waals surface area contributed by atoms with Crippen LogP contribution in [0.4, 0.5) is 0 Å². The molecule has 0 aromatic rings. The number of ether oxygens (including phenoxy) is 1. The van der Waals surface area contributed by atoms with Crippen molar-refractivity contribution in [1.29, 1.82) is 0 Å². The number of hydrogen-bond donors (Lipinski definition) is 1. The second-order valence-corrected chi connectivity index (χ2v) is 1.99. The van der Waals surface area contributed by atoms with E-state index in [4.69, 9.17) is 5.11 Å². The molecule has 3 nitrogen and oxygen atoms in total. The lowest BCUT2D eigenvalue weighted by Crippen LogP contribution is -2.07. The maximum Gasteiger partial charge on any atom is 0.308 e. The molecule has 0 unspecified atom stereocenters. The SMILES string of the molecule is CCO.COC(=O)C(C)C. The molecule has 0 aromatic heterocycles. The summed E-state index contributed by atoms with van der Waals surface area (Å²) >= 11 is 0. The molecule has 3 heteroatoms. The Bertz CT molecular complexity index is 78.9. The molecule has 0 amide bonds. The maximum atomic E-state index is 10.3. The molecule has 0 bridgehead atoms. The van der Waals surface area contributed by atoms with Crippen molar-refractivity contribution in [2.45, 2.75) is 20.8 Å². The van der Waals surface area contributed by atoms with Crippen molar-refractivity contribution >= 4 is 5.97 Å². The van der Waals surface area contributed by atoms with Crippen molar-refractivity contribution in [1.82, 2.24) is 0 Å². The van der Waals surface area contributed by atoms with Crippen molar-refractivity contribution in [2.24, 2.45) is 5.92 Å². The average Bonchev–Trinajstić information content (AvgIpc) is 1.88. The van der Waals surface area contributed by atoms with Gasteiger partial charge in [-0.25, -0.2) is 0 Å². The molecular formula is C7H16O3. The second-order valence-electron chi connectivity index (χ2n) is 1.99. The van der Waals surface area contributed by atoms with Gasteiger partial charge in [0.25, 0.3) is 0 Å². The summed E-state index contributed by atoms with van der Waals surface area (Å²) < 4.78 is 4.37. The predicted molar refractivity (Wildman–Crippen MR) is 39.6 cm³/mol. The average molecular weight is 148 g/mol. The van der Waals surface area contributed by atoms with Gasteiger partial charge in [0.05, 0.1) is 13.0 Å². The molecule has 0 spiro atoms. The second kappa shape index (κ2) is 8.43. The number of carbonyl (C=O) groups is 1. The van der Waals surface area contributed by atoms with E-state index in [-0.39, 0.29) is 18.5 Å². The summed E-state index contributed by atoms with van der Waals surface area (Å²) in [6.07, 6.45) is 0. The Hall–Kier alpha value is -0.570. The minimum absolute atomic E-state index is 0.00463. The minimum Gasteiger partial charge on any atom is -0.469 e. The van der Waals surface area contributed by atoms with Crippen LogP contribution in [0.3, 0.4) is 0 Å². The van der Waals surface area contributed by atoms with Gasteiger partial charge in [-0.2, -0.15) is 0 Å². The number of aliphatic hydroxyl groups excluding tert-OH is 1. The van der Waals surface area contributed by atoms with Crippen LogP contribution in [0.1, 0.15) is 20.8 Å². The molecule has 0 atom stereocenters. The quantitative estimate of drug-likeness (QED) is 0.560. The van der Waals surface area contributed by atoms with Crippen molar-refractivity contribution in [3.8, 4) is 0 Å². The van der Waals surface area contributed by atoms with E-state index in [1.54, 1.807) is 20.8 Å². The van der Waals surface area contributed by atoms with Gasteiger partial charge in [0.1, 0.15) is 0 Å². The fourth-order valence-electron chi connectivity index (χ4n) is 0.236. The molecule has 0 saturated heterocycles. The predicted octanol–water partition coefficient (Wildman–Crippen LogP) is 0.814. The lowest BCUT2D eigenvalue weighted by molar-refractivity contribution is -0.144. The third kappa shape index (κ3) is 10.4. The van der Waals surface area contributed by atoms with Crippen LogP contribution in [0, 0.1) is 5.92 Å². The molecule has 62 valence electrons. The van der Waals surface area contributed by atoms with Crippen LogP contribution < -0.4 is 0 Å². The molecular weight excluding hydrogens is 132 g/mol. The Morgan fingerprint density at radius 1 is 1.60 bits per heavy atom. The lowest BCUT2D eigenvalue weighted by atomic mass is 10.2. The van der Waals surface area contributed by atoms with E-state index in [0.29, 0.717) is 0 Å². The first-order valence-corrected chi connectivity index (χ1v) is 3.28. The summed E-state index contributed by atoms with van der Waals surface area (Å²) in [6.45, 7) is 5.53. The highest BCUT2D eigenvalue weighted by atomic mass is 16.5. The number of hydrogen-bond acceptors (Lipinski definition) is 3. The van der Waals surface area contributed by atoms with Gasteiger partial charge in [-0.1, -0.05) is 13.8 Å². The van der Waals surface area contributed by atoms with Gasteiger partial charge in [0, 0.05) is 6.61 Å². The van der Waals surface area contributed by atoms with E-state index in [1.807, 2.05) is 0 Å². The van der Waals surface area contributed by atoms with Crippen LogP contribution in [0.15, 0.2) is 0 Å². The highest BCUT2D eigenvalue weighted by Gasteiger charge is 2.03. The number of aliphatic hydroxyl groups is 1. The van der Waals surface area contributed by atoms with Gasteiger partial charge in [0.2, 0.25) is 0 Å². The number of carbonyl (C=O) groups excluding carboxylic acids is 1. The Morgan fingerprint density at radius 3 is 1.90 bits per heavy atom. The standard InChI is InChI=1S/C5H10O2.C2H6O/c1-4(2)5(6)7-3;1-2-3/h4H,1-3H3;3H,2H2,1H3. The van der Waals surface area contributed by atoms with E-state index in [2.05, 4.69) is 4.74 Å². The zero-order chi connectivity index (χ0) is 8.57. The summed E-state index contributed by atoms with van der Waals surface area (Å²) in [6, 6.07) is 0. The van der Waals surface area contributed by atoms with Crippen LogP contribution in [0.25, 0.3) is 0 Å². The molecule has 0 fully saturated rings. The topological polar surface area (TPSA) is 46.5 Å². The van der Waals surface area contributed by atoms with Gasteiger partial charge in [0.15, 0.2) is 0 Å². The molecule has 0 aliphatic carbocycles. The van der Waals surface area contributed by atoms with Crippen molar-refractivity contribution < 1.29 is 14.6 Å². The smallest absolute Gasteiger partial charge is 0.308 e. The molecule has 0 aliphatic heterocycles. The Balaban J connectivity index is 0. The first-order valence-electron chi connectivity index (χ1n) is 3.28.